The van der Waals surface area contributed by atoms with Crippen LogP contribution in [0.25, 0.3) is 0 Å². The largest absolute Gasteiger partial charge is 0.395 e. The number of aliphatic hydroxyl groups is 2. The Morgan fingerprint density at radius 3 is 2.35 bits per heavy atom. The van der Waals surface area contributed by atoms with Gasteiger partial charge in [-0.2, -0.15) is 0 Å². The normalized spacial score (nSPS) is 56.9. The predicted octanol–water partition coefficient (Wildman–Crippen LogP) is 5.50. The summed E-state index contributed by atoms with van der Waals surface area (Å²) in [5.41, 5.74) is -0.641. The summed E-state index contributed by atoms with van der Waals surface area (Å²) in [5, 5.41) is 22.2. The molecule has 0 radical (unpaired) electrons. The first-order valence-corrected chi connectivity index (χ1v) is 13.8. The first-order valence-electron chi connectivity index (χ1n) is 13.8. The molecule has 0 saturated heterocycles. The third-order valence-corrected chi connectivity index (χ3v) is 13.2. The molecular weight excluding hydrogens is 424 g/mol. The Balaban J connectivity index is 1.63. The van der Waals surface area contributed by atoms with Crippen molar-refractivity contribution in [1.82, 2.24) is 0 Å². The van der Waals surface area contributed by atoms with Crippen LogP contribution >= 0.6 is 0 Å². The molecule has 0 aliphatic heterocycles. The van der Waals surface area contributed by atoms with Crippen molar-refractivity contribution in [2.45, 2.75) is 105 Å². The molecule has 0 bridgehead atoms. The van der Waals surface area contributed by atoms with Crippen molar-refractivity contribution >= 4 is 12.1 Å². The van der Waals surface area contributed by atoms with Gasteiger partial charge >= 0.3 is 0 Å². The number of fused-ring (bicyclic) bond motifs is 7. The van der Waals surface area contributed by atoms with Gasteiger partial charge in [0.05, 0.1) is 17.6 Å². The van der Waals surface area contributed by atoms with E-state index >= 15 is 0 Å². The van der Waals surface area contributed by atoms with Crippen LogP contribution in [-0.4, -0.2) is 34.5 Å². The predicted molar refractivity (Wildman–Crippen MR) is 133 cm³/mol. The molecular formula is C30H46O4. The highest BCUT2D eigenvalue weighted by Gasteiger charge is 2.70. The van der Waals surface area contributed by atoms with Crippen molar-refractivity contribution in [2.75, 3.05) is 6.61 Å². The van der Waals surface area contributed by atoms with Gasteiger partial charge in [-0.25, -0.2) is 0 Å². The average Bonchev–Trinajstić information content (AvgIpc) is 2.79. The summed E-state index contributed by atoms with van der Waals surface area (Å²) in [7, 11) is 0. The highest BCUT2D eigenvalue weighted by Crippen LogP contribution is 2.75. The van der Waals surface area contributed by atoms with Crippen LogP contribution in [0.4, 0.5) is 0 Å². The van der Waals surface area contributed by atoms with E-state index < -0.39 is 16.4 Å². The van der Waals surface area contributed by atoms with Crippen LogP contribution in [0, 0.1) is 50.7 Å². The molecule has 4 nitrogen and oxygen atoms in total. The molecule has 0 amide bonds. The molecule has 4 saturated carbocycles. The number of carbonyl (C=O) groups excluding carboxylic acids is 2. The zero-order chi connectivity index (χ0) is 24.9. The molecule has 2 N–H and O–H groups in total. The van der Waals surface area contributed by atoms with Crippen LogP contribution in [-0.2, 0) is 9.59 Å². The second kappa shape index (κ2) is 7.28. The fourth-order valence-electron chi connectivity index (χ4n) is 10.6. The Morgan fingerprint density at radius 1 is 1.00 bits per heavy atom. The fourth-order valence-corrected chi connectivity index (χ4v) is 10.6. The maximum absolute atomic E-state index is 13.0. The topological polar surface area (TPSA) is 74.6 Å². The van der Waals surface area contributed by atoms with E-state index in [1.165, 1.54) is 11.9 Å². The van der Waals surface area contributed by atoms with Crippen molar-refractivity contribution < 1.29 is 19.8 Å². The molecule has 5 aliphatic rings. The van der Waals surface area contributed by atoms with Crippen LogP contribution in [0.2, 0.25) is 0 Å². The number of aldehydes is 1. The zero-order valence-electron chi connectivity index (χ0n) is 22.2. The second-order valence-electron chi connectivity index (χ2n) is 14.2. The lowest BCUT2D eigenvalue weighted by Gasteiger charge is -2.71. The molecule has 0 spiro atoms. The second-order valence-corrected chi connectivity index (χ2v) is 14.2. The van der Waals surface area contributed by atoms with Crippen molar-refractivity contribution in [3.05, 3.63) is 11.6 Å². The molecule has 0 aromatic rings. The molecule has 4 heteroatoms. The first-order chi connectivity index (χ1) is 15.8. The lowest BCUT2D eigenvalue weighted by Crippen LogP contribution is -2.67. The van der Waals surface area contributed by atoms with Gasteiger partial charge in [-0.05, 0) is 92.3 Å². The summed E-state index contributed by atoms with van der Waals surface area (Å²) in [5.74, 6) is 0.931. The van der Waals surface area contributed by atoms with Gasteiger partial charge in [0.25, 0.3) is 0 Å². The fraction of sp³-hybridized carbons (Fsp3) is 0.867. The van der Waals surface area contributed by atoms with Gasteiger partial charge in [0.1, 0.15) is 12.1 Å². The molecule has 5 rings (SSSR count). The minimum absolute atomic E-state index is 0.00496. The Hall–Kier alpha value is -1.00. The van der Waals surface area contributed by atoms with Gasteiger partial charge < -0.3 is 15.0 Å². The number of carbonyl (C=O) groups is 2. The van der Waals surface area contributed by atoms with Crippen LogP contribution in [0.3, 0.4) is 0 Å². The van der Waals surface area contributed by atoms with E-state index in [0.29, 0.717) is 12.3 Å². The summed E-state index contributed by atoms with van der Waals surface area (Å²) in [6.45, 7) is 13.4. The summed E-state index contributed by atoms with van der Waals surface area (Å²) in [4.78, 5) is 25.6. The van der Waals surface area contributed by atoms with Gasteiger partial charge in [0.15, 0.2) is 0 Å². The molecule has 0 aromatic carbocycles. The Bertz CT molecular complexity index is 936. The van der Waals surface area contributed by atoms with Crippen molar-refractivity contribution in [3.8, 4) is 0 Å². The van der Waals surface area contributed by atoms with E-state index in [-0.39, 0.29) is 46.4 Å². The number of allylic oxidation sites excluding steroid dienone is 1. The van der Waals surface area contributed by atoms with Gasteiger partial charge in [0.2, 0.25) is 0 Å². The monoisotopic (exact) mass is 470 g/mol. The molecule has 0 heterocycles. The van der Waals surface area contributed by atoms with Crippen molar-refractivity contribution in [3.63, 3.8) is 0 Å². The quantitative estimate of drug-likeness (QED) is 0.413. The third-order valence-electron chi connectivity index (χ3n) is 13.2. The van der Waals surface area contributed by atoms with Crippen LogP contribution in [0.1, 0.15) is 99.3 Å². The van der Waals surface area contributed by atoms with Gasteiger partial charge in [0, 0.05) is 17.8 Å². The van der Waals surface area contributed by atoms with Crippen LogP contribution in [0.15, 0.2) is 11.6 Å². The van der Waals surface area contributed by atoms with Crippen molar-refractivity contribution in [2.24, 2.45) is 50.7 Å². The Morgan fingerprint density at radius 2 is 1.71 bits per heavy atom. The minimum atomic E-state index is -0.885. The number of hydrogen-bond donors (Lipinski definition) is 2. The number of ketones is 1. The molecule has 10 unspecified atom stereocenters. The van der Waals surface area contributed by atoms with Crippen molar-refractivity contribution in [1.29, 1.82) is 0 Å². The third kappa shape index (κ3) is 2.68. The molecule has 5 aliphatic carbocycles. The van der Waals surface area contributed by atoms with E-state index in [0.717, 1.165) is 51.4 Å². The van der Waals surface area contributed by atoms with Gasteiger partial charge in [-0.1, -0.05) is 46.3 Å². The van der Waals surface area contributed by atoms with Crippen LogP contribution in [0.5, 0.6) is 0 Å². The Labute approximate surface area is 206 Å². The number of rotatable bonds is 2. The summed E-state index contributed by atoms with van der Waals surface area (Å²) < 4.78 is 0. The van der Waals surface area contributed by atoms with Crippen LogP contribution < -0.4 is 0 Å². The summed E-state index contributed by atoms with van der Waals surface area (Å²) >= 11 is 0. The maximum atomic E-state index is 13.0. The smallest absolute Gasteiger partial charge is 0.141 e. The number of hydrogen-bond acceptors (Lipinski definition) is 4. The van der Waals surface area contributed by atoms with Gasteiger partial charge in [-0.3, -0.25) is 4.79 Å². The van der Waals surface area contributed by atoms with Gasteiger partial charge in [-0.15, -0.1) is 0 Å². The lowest BCUT2D eigenvalue weighted by molar-refractivity contribution is -0.202. The molecule has 34 heavy (non-hydrogen) atoms. The van der Waals surface area contributed by atoms with E-state index in [1.807, 2.05) is 13.8 Å². The highest BCUT2D eigenvalue weighted by molar-refractivity contribution is 5.86. The SMILES string of the molecule is CC1CCC2(C=O)CCC3(C)C(=CCC4C5(C)CCC(=O)C(C)(CO)C5CCC43C)C2C1(C)O. The number of aliphatic hydroxyl groups excluding tert-OH is 1. The van der Waals surface area contributed by atoms with E-state index in [1.54, 1.807) is 0 Å². The van der Waals surface area contributed by atoms with E-state index in [9.17, 15) is 19.8 Å². The first kappa shape index (κ1) is 24.7. The lowest BCUT2D eigenvalue weighted by atomic mass is 9.33. The highest BCUT2D eigenvalue weighted by atomic mass is 16.3. The molecule has 0 aromatic heterocycles. The maximum Gasteiger partial charge on any atom is 0.141 e. The number of Topliss-reactive ketones (excluding diaryl/α,β-unsaturated/α-hetero) is 1. The van der Waals surface area contributed by atoms with E-state index in [4.69, 9.17) is 0 Å². The average molecular weight is 471 g/mol. The zero-order valence-corrected chi connectivity index (χ0v) is 22.2. The van der Waals surface area contributed by atoms with E-state index in [2.05, 4.69) is 33.8 Å². The Kier molecular flexibility index (Phi) is 5.28. The molecule has 10 atom stereocenters. The minimum Gasteiger partial charge on any atom is -0.395 e. The summed E-state index contributed by atoms with van der Waals surface area (Å²) in [6, 6.07) is 0. The molecule has 190 valence electrons. The molecule has 4 fully saturated rings. The standard InChI is InChI=1S/C30H46O4/c1-19-9-14-30(18-32)16-15-27(4)20(24(30)29(19,6)34)7-8-22-25(2)12-11-23(33)26(3,17-31)21(25)10-13-28(22,27)5/h7,18-19,21-22,24,31,34H,8-17H2,1-6H3. The summed E-state index contributed by atoms with van der Waals surface area (Å²) in [6.07, 6.45) is 11.7.